The summed E-state index contributed by atoms with van der Waals surface area (Å²) in [5, 5.41) is 36.3. The standard InChI is InChI=1S/4C11H14O6.Zr/c4*1-5(12)9(6(2)13)11(7(3)14,8(4)15)10(16)17;/h4*9H,1-4H3,(H,16,17);. The van der Waals surface area contributed by atoms with E-state index in [0.717, 1.165) is 111 Å². The minimum absolute atomic E-state index is 0. The molecule has 0 rings (SSSR count). The van der Waals surface area contributed by atoms with Crippen molar-refractivity contribution in [2.24, 2.45) is 45.3 Å². The van der Waals surface area contributed by atoms with Crippen LogP contribution in [0.25, 0.3) is 0 Å². The van der Waals surface area contributed by atoms with Crippen LogP contribution in [-0.2, 0) is 122 Å². The summed E-state index contributed by atoms with van der Waals surface area (Å²) < 4.78 is 0. The smallest absolute Gasteiger partial charge is 0.326 e. The van der Waals surface area contributed by atoms with Crippen LogP contribution < -0.4 is 0 Å². The molecule has 0 aromatic carbocycles. The molecule has 0 aromatic rings. The number of aliphatic carboxylic acids is 4. The molecule has 0 amide bonds. The van der Waals surface area contributed by atoms with E-state index >= 15 is 0 Å². The van der Waals surface area contributed by atoms with Gasteiger partial charge in [-0.15, -0.1) is 0 Å². The van der Waals surface area contributed by atoms with E-state index < -0.39 is 162 Å². The van der Waals surface area contributed by atoms with Crippen molar-refractivity contribution in [2.45, 2.75) is 111 Å². The maximum Gasteiger partial charge on any atom is 0.326 e. The van der Waals surface area contributed by atoms with E-state index in [-0.39, 0.29) is 26.2 Å². The van der Waals surface area contributed by atoms with Gasteiger partial charge < -0.3 is 20.4 Å². The van der Waals surface area contributed by atoms with E-state index in [1.54, 1.807) is 0 Å². The molecule has 0 aromatic heterocycles. The Morgan fingerprint density at radius 2 is 0.290 bits per heavy atom. The molecule has 0 radical (unpaired) electrons. The van der Waals surface area contributed by atoms with Crippen LogP contribution in [0, 0.1) is 45.3 Å². The largest absolute Gasteiger partial charge is 0.480 e. The van der Waals surface area contributed by atoms with Gasteiger partial charge in [0.15, 0.2) is 67.9 Å². The Labute approximate surface area is 413 Å². The van der Waals surface area contributed by atoms with Crippen LogP contribution in [0.2, 0.25) is 0 Å². The van der Waals surface area contributed by atoms with E-state index in [2.05, 4.69) is 0 Å². The Kier molecular flexibility index (Phi) is 29.1. The van der Waals surface area contributed by atoms with Gasteiger partial charge in [-0.3, -0.25) is 95.9 Å². The summed E-state index contributed by atoms with van der Waals surface area (Å²) in [6.45, 7) is 14.9. The molecule has 69 heavy (non-hydrogen) atoms. The van der Waals surface area contributed by atoms with Crippen molar-refractivity contribution in [3.8, 4) is 0 Å². The monoisotopic (exact) mass is 1060 g/mol. The number of Topliss-reactive ketones (excluding diaryl/α,β-unsaturated/α-hetero) is 16. The summed E-state index contributed by atoms with van der Waals surface area (Å²) in [5.41, 5.74) is -10.4. The number of rotatable bonds is 24. The first-order valence-electron chi connectivity index (χ1n) is 19.4. The van der Waals surface area contributed by atoms with Gasteiger partial charge in [0, 0.05) is 26.2 Å². The van der Waals surface area contributed by atoms with Gasteiger partial charge in [-0.2, -0.15) is 0 Å². The number of carboxylic acid groups (broad SMARTS) is 4. The van der Waals surface area contributed by atoms with Gasteiger partial charge in [0.1, 0.15) is 69.9 Å². The molecule has 0 bridgehead atoms. The van der Waals surface area contributed by atoms with Crippen molar-refractivity contribution in [3.63, 3.8) is 0 Å². The van der Waals surface area contributed by atoms with Gasteiger partial charge in [0.2, 0.25) is 0 Å². The zero-order valence-electron chi connectivity index (χ0n) is 40.8. The molecule has 380 valence electrons. The second kappa shape index (κ2) is 28.1. The summed E-state index contributed by atoms with van der Waals surface area (Å²) >= 11 is 0. The number of carbonyl (C=O) groups is 20. The third-order valence-corrected chi connectivity index (χ3v) is 10.8. The first-order valence-corrected chi connectivity index (χ1v) is 19.4. The maximum absolute atomic E-state index is 11.5. The quantitative estimate of drug-likeness (QED) is 0.0932. The normalized spacial score (nSPS) is 11.0. The number of hydrogen-bond acceptors (Lipinski definition) is 20. The third-order valence-electron chi connectivity index (χ3n) is 10.8. The minimum atomic E-state index is -2.60. The van der Waals surface area contributed by atoms with E-state index in [4.69, 9.17) is 20.4 Å². The van der Waals surface area contributed by atoms with E-state index in [1.165, 1.54) is 0 Å². The van der Waals surface area contributed by atoms with Gasteiger partial charge in [-0.05, 0) is 111 Å². The molecule has 0 aliphatic heterocycles. The van der Waals surface area contributed by atoms with Crippen LogP contribution in [0.15, 0.2) is 0 Å². The number of carbonyl (C=O) groups excluding carboxylic acids is 16. The van der Waals surface area contributed by atoms with Gasteiger partial charge in [-0.1, -0.05) is 0 Å². The van der Waals surface area contributed by atoms with Crippen LogP contribution >= 0.6 is 0 Å². The van der Waals surface area contributed by atoms with Crippen molar-refractivity contribution in [1.29, 1.82) is 0 Å². The summed E-state index contributed by atoms with van der Waals surface area (Å²) in [6.07, 6.45) is 0. The molecule has 0 unspecified atom stereocenters. The molecular formula is C44H56O24Zr. The molecular weight excluding hydrogens is 1000 g/mol. The molecule has 24 nitrogen and oxygen atoms in total. The minimum Gasteiger partial charge on any atom is -0.480 e. The second-order valence-corrected chi connectivity index (χ2v) is 15.5. The van der Waals surface area contributed by atoms with Crippen molar-refractivity contribution < 1.29 is 143 Å². The van der Waals surface area contributed by atoms with Crippen LogP contribution in [0.3, 0.4) is 0 Å². The van der Waals surface area contributed by atoms with E-state index in [9.17, 15) is 95.9 Å². The third kappa shape index (κ3) is 14.7. The van der Waals surface area contributed by atoms with Gasteiger partial charge in [0.25, 0.3) is 0 Å². The molecule has 25 heteroatoms. The Balaban J connectivity index is -0.000000263. The van der Waals surface area contributed by atoms with Gasteiger partial charge >= 0.3 is 23.9 Å². The Hall–Kier alpha value is -6.52. The summed E-state index contributed by atoms with van der Waals surface area (Å²) in [7, 11) is 0. The Bertz CT molecular complexity index is 1740. The topological polar surface area (TPSA) is 422 Å². The summed E-state index contributed by atoms with van der Waals surface area (Å²) in [4.78, 5) is 228. The SMILES string of the molecule is CC(=O)C(C(C)=O)C(C(C)=O)(C(C)=O)C(=O)O.CC(=O)C(C(C)=O)C(C(C)=O)(C(C)=O)C(=O)O.CC(=O)C(C(C)=O)C(C(C)=O)(C(C)=O)C(=O)O.CC(=O)C(C(C)=O)C(C(C)=O)(C(C)=O)C(=O)O.[Zr]. The van der Waals surface area contributed by atoms with Gasteiger partial charge in [0.05, 0.1) is 0 Å². The van der Waals surface area contributed by atoms with E-state index in [0.29, 0.717) is 0 Å². The van der Waals surface area contributed by atoms with E-state index in [1.807, 2.05) is 0 Å². The zero-order chi connectivity index (χ0) is 55.9. The fourth-order valence-electron chi connectivity index (χ4n) is 7.90. The molecule has 0 heterocycles. The summed E-state index contributed by atoms with van der Waals surface area (Å²) in [5.74, 6) is -28.8. The molecule has 0 saturated heterocycles. The van der Waals surface area contributed by atoms with Gasteiger partial charge in [-0.25, -0.2) is 0 Å². The molecule has 0 fully saturated rings. The molecule has 0 atom stereocenters. The average Bonchev–Trinajstić information content (AvgIpc) is 3.10. The fourth-order valence-corrected chi connectivity index (χ4v) is 7.90. The molecule has 0 aliphatic rings. The first-order chi connectivity index (χ1) is 30.4. The van der Waals surface area contributed by atoms with Crippen molar-refractivity contribution >= 4 is 116 Å². The Morgan fingerprint density at radius 3 is 0.304 bits per heavy atom. The zero-order valence-corrected chi connectivity index (χ0v) is 43.2. The van der Waals surface area contributed by atoms with Crippen LogP contribution in [0.4, 0.5) is 0 Å². The van der Waals surface area contributed by atoms with Crippen LogP contribution in [-0.4, -0.2) is 137 Å². The van der Waals surface area contributed by atoms with Crippen molar-refractivity contribution in [2.75, 3.05) is 0 Å². The number of hydrogen-bond donors (Lipinski definition) is 4. The summed E-state index contributed by atoms with van der Waals surface area (Å²) in [6, 6.07) is 0. The number of carboxylic acids is 4. The van der Waals surface area contributed by atoms with Crippen molar-refractivity contribution in [1.82, 2.24) is 0 Å². The van der Waals surface area contributed by atoms with Crippen molar-refractivity contribution in [3.05, 3.63) is 0 Å². The molecule has 0 aliphatic carbocycles. The predicted molar refractivity (Wildman–Crippen MR) is 225 cm³/mol. The fraction of sp³-hybridized carbons (Fsp3) is 0.545. The second-order valence-electron chi connectivity index (χ2n) is 15.5. The predicted octanol–water partition coefficient (Wildman–Crippen LogP) is 0.116. The van der Waals surface area contributed by atoms with Crippen LogP contribution in [0.1, 0.15) is 111 Å². The Morgan fingerprint density at radius 1 is 0.217 bits per heavy atom. The molecule has 4 N–H and O–H groups in total. The van der Waals surface area contributed by atoms with Crippen LogP contribution in [0.5, 0.6) is 0 Å². The number of ketones is 16. The first kappa shape index (κ1) is 71.5. The maximum atomic E-state index is 11.5. The molecule has 0 spiro atoms. The molecule has 0 saturated carbocycles. The average molecular weight is 1060 g/mol.